The van der Waals surface area contributed by atoms with Crippen LogP contribution < -0.4 is 0 Å². The second-order valence-electron chi connectivity index (χ2n) is 4.84. The second-order valence-corrected chi connectivity index (χ2v) is 4.84. The molecule has 0 amide bonds. The maximum absolute atomic E-state index is 10.5. The lowest BCUT2D eigenvalue weighted by Gasteiger charge is -2.03. The van der Waals surface area contributed by atoms with Crippen molar-refractivity contribution in [2.24, 2.45) is 0 Å². The lowest BCUT2D eigenvalue weighted by atomic mass is 10.1. The molecule has 3 heteroatoms. The van der Waals surface area contributed by atoms with Crippen molar-refractivity contribution in [2.75, 3.05) is 0 Å². The smallest absolute Gasteiger partial charge is 0.303 e. The number of carboxylic acids is 1. The molecule has 2 N–H and O–H groups in total. The Morgan fingerprint density at radius 3 is 2.04 bits per heavy atom. The van der Waals surface area contributed by atoms with Crippen molar-refractivity contribution < 1.29 is 26.0 Å². The summed E-state index contributed by atoms with van der Waals surface area (Å²) in [6, 6.07) is -1.65. The van der Waals surface area contributed by atoms with Gasteiger partial charge in [0.1, 0.15) is 0 Å². The summed E-state index contributed by atoms with van der Waals surface area (Å²) in [4.78, 5) is 10.5. The van der Waals surface area contributed by atoms with E-state index in [-0.39, 0.29) is 93.4 Å². The minimum Gasteiger partial charge on any atom is -0.481 e. The molecule has 0 rings (SSSR count). The van der Waals surface area contributed by atoms with Crippen molar-refractivity contribution in [3.8, 4) is 0 Å². The Bertz CT molecular complexity index is 741. The molecule has 0 heterocycles. The fourth-order valence-corrected chi connectivity index (χ4v) is 1.55. The van der Waals surface area contributed by atoms with Gasteiger partial charge in [-0.15, -0.1) is 0 Å². The highest BCUT2D eigenvalue weighted by Gasteiger charge is 1.97. The van der Waals surface area contributed by atoms with Crippen LogP contribution in [0.4, 0.5) is 0 Å². The van der Waals surface area contributed by atoms with Crippen LogP contribution in [-0.4, -0.2) is 22.3 Å². The highest BCUT2D eigenvalue weighted by Crippen LogP contribution is 2.02. The Balaban J connectivity index is 5.08. The van der Waals surface area contributed by atoms with Crippen LogP contribution in [0.5, 0.6) is 0 Å². The lowest BCUT2D eigenvalue weighted by molar-refractivity contribution is -0.137. The average Bonchev–Trinajstić information content (AvgIpc) is 2.67. The molecule has 0 bridgehead atoms. The molecule has 0 saturated heterocycles. The molecule has 0 aliphatic heterocycles. The van der Waals surface area contributed by atoms with Gasteiger partial charge in [0.05, 0.1) is 17.1 Å². The van der Waals surface area contributed by atoms with E-state index in [9.17, 15) is 9.90 Å². The summed E-state index contributed by atoms with van der Waals surface area (Å²) in [7, 11) is 0. The number of aliphatic hydroxyl groups excluding tert-OH is 1. The third kappa shape index (κ3) is 18.3. The first-order valence-corrected chi connectivity index (χ1v) is 7.89. The maximum atomic E-state index is 10.5. The van der Waals surface area contributed by atoms with Crippen LogP contribution >= 0.6 is 0 Å². The Morgan fingerprint density at radius 2 is 1.52 bits per heavy atom. The number of aliphatic carboxylic acids is 1. The van der Waals surface area contributed by atoms with Crippen LogP contribution in [0, 0.1) is 0 Å². The number of hydrogen-bond donors (Lipinski definition) is 2. The minimum atomic E-state index is -0.991. The van der Waals surface area contributed by atoms with E-state index in [0.717, 1.165) is 6.42 Å². The summed E-state index contributed by atoms with van der Waals surface area (Å²) < 4.78 is 62.9. The third-order valence-electron chi connectivity index (χ3n) is 2.68. The molecule has 23 heavy (non-hydrogen) atoms. The molecule has 0 radical (unpaired) electrons. The summed E-state index contributed by atoms with van der Waals surface area (Å²) >= 11 is 0. The first kappa shape index (κ1) is 11.0. The molecule has 3 nitrogen and oxygen atoms in total. The van der Waals surface area contributed by atoms with Crippen LogP contribution in [0.2, 0.25) is 0 Å². The molecule has 0 aromatic heterocycles. The molecule has 0 unspecified atom stereocenters. The summed E-state index contributed by atoms with van der Waals surface area (Å²) in [5, 5.41) is 18.3. The van der Waals surface area contributed by atoms with Crippen LogP contribution in [0.1, 0.15) is 75.7 Å². The summed E-state index contributed by atoms with van der Waals surface area (Å²) in [6.45, 7) is 1.89. The quantitative estimate of drug-likeness (QED) is 0.429. The van der Waals surface area contributed by atoms with Gasteiger partial charge >= 0.3 is 5.97 Å². The zero-order valence-corrected chi connectivity index (χ0v) is 13.7. The molecule has 0 aliphatic carbocycles. The predicted octanol–water partition coefficient (Wildman–Crippen LogP) is 5.19. The van der Waals surface area contributed by atoms with Crippen molar-refractivity contribution in [2.45, 2.75) is 70.8 Å². The van der Waals surface area contributed by atoms with Crippen LogP contribution in [0.25, 0.3) is 0 Å². The Morgan fingerprint density at radius 1 is 1.00 bits per heavy atom. The molecule has 0 fully saturated rings. The molecule has 1 atom stereocenters. The second kappa shape index (κ2) is 16.8. The number of carbonyl (C=O) groups is 1. The Hall–Kier alpha value is -1.61. The predicted molar refractivity (Wildman–Crippen MR) is 97.4 cm³/mol. The lowest BCUT2D eigenvalue weighted by Crippen LogP contribution is -2.02. The van der Waals surface area contributed by atoms with Crippen molar-refractivity contribution in [1.82, 2.24) is 0 Å². The van der Waals surface area contributed by atoms with Gasteiger partial charge in [0.25, 0.3) is 0 Å². The zero-order valence-electron chi connectivity index (χ0n) is 21.7. The highest BCUT2D eigenvalue weighted by molar-refractivity contribution is 5.66. The summed E-state index contributed by atoms with van der Waals surface area (Å²) in [5.74, 6) is -0.991. The molecular formula is C20H32O3. The molecule has 0 saturated carbocycles. The van der Waals surface area contributed by atoms with Crippen molar-refractivity contribution in [3.05, 3.63) is 48.4 Å². The highest BCUT2D eigenvalue weighted by atomic mass is 16.4. The standard InChI is InChI=1S/C20H32O3/c1-2-16-19(21)17-14-12-10-8-6-4-3-5-7-9-11-13-15-18-20(22)23/h3,5-6,8-9,11-12,14,19,21H,2,4,7,10,13,15-18H2,1H3,(H,22,23)/b5-3-,8-6-,11-9-,14-12-/t19-/m1/s1/i3T,5T,6T,8T,9T,11T,12T,14T. The fourth-order valence-electron chi connectivity index (χ4n) is 1.55. The van der Waals surface area contributed by atoms with Gasteiger partial charge in [0.15, 0.2) is 0 Å². The van der Waals surface area contributed by atoms with Crippen molar-refractivity contribution in [1.29, 1.82) is 0 Å². The number of allylic oxidation sites excluding steroid dienone is 7. The third-order valence-corrected chi connectivity index (χ3v) is 2.68. The van der Waals surface area contributed by atoms with E-state index < -0.39 is 12.1 Å². The first-order valence-electron chi connectivity index (χ1n) is 11.9. The summed E-state index contributed by atoms with van der Waals surface area (Å²) in [5.41, 5.74) is 0. The van der Waals surface area contributed by atoms with E-state index in [4.69, 9.17) is 16.1 Å². The SMILES string of the molecule is [3H]/C(CCCC(=O)O)=C(\[3H])C/C([3H])=C(/[3H])C/C([3H])=C(/[3H])C/C([3H])=C(/[3H])C[C@H](O)CCC. The molecular weight excluding hydrogens is 288 g/mol. The van der Waals surface area contributed by atoms with Crippen molar-refractivity contribution >= 4 is 5.97 Å². The maximum Gasteiger partial charge on any atom is 0.303 e. The fraction of sp³-hybridized carbons (Fsp3) is 0.550. The van der Waals surface area contributed by atoms with Gasteiger partial charge < -0.3 is 10.2 Å². The molecule has 0 aliphatic rings. The van der Waals surface area contributed by atoms with Gasteiger partial charge in [-0.1, -0.05) is 61.8 Å². The Kier molecular flexibility index (Phi) is 8.04. The first-order chi connectivity index (χ1) is 14.4. The van der Waals surface area contributed by atoms with Crippen molar-refractivity contribution in [3.63, 3.8) is 0 Å². The monoisotopic (exact) mass is 336 g/mol. The number of carboxylic acid groups (broad SMARTS) is 1. The van der Waals surface area contributed by atoms with Gasteiger partial charge in [0, 0.05) is 6.42 Å². The topological polar surface area (TPSA) is 57.5 Å². The largest absolute Gasteiger partial charge is 0.481 e. The molecule has 0 aromatic rings. The minimum absolute atomic E-state index is 0.00822. The van der Waals surface area contributed by atoms with E-state index in [1.54, 1.807) is 0 Å². The number of rotatable bonds is 14. The van der Waals surface area contributed by atoms with E-state index in [1.807, 2.05) is 6.92 Å². The molecule has 0 spiro atoms. The van der Waals surface area contributed by atoms with Crippen LogP contribution in [0.15, 0.2) is 48.4 Å². The normalized spacial score (nSPS) is 22.2. The van der Waals surface area contributed by atoms with Gasteiger partial charge in [-0.2, -0.15) is 0 Å². The number of aliphatic hydroxyl groups is 1. The van der Waals surface area contributed by atoms with Gasteiger partial charge in [0.2, 0.25) is 0 Å². The van der Waals surface area contributed by atoms with E-state index >= 15 is 0 Å². The average molecular weight is 337 g/mol. The van der Waals surface area contributed by atoms with E-state index in [2.05, 4.69) is 0 Å². The van der Waals surface area contributed by atoms with Crippen LogP contribution in [0.3, 0.4) is 0 Å². The molecule has 130 valence electrons. The van der Waals surface area contributed by atoms with E-state index in [0.29, 0.717) is 6.42 Å². The van der Waals surface area contributed by atoms with Gasteiger partial charge in [-0.05, 0) is 44.9 Å². The zero-order chi connectivity index (χ0) is 24.1. The summed E-state index contributed by atoms with van der Waals surface area (Å²) in [6.07, 6.45) is -0.186. The van der Waals surface area contributed by atoms with Gasteiger partial charge in [-0.3, -0.25) is 4.79 Å². The molecule has 0 aromatic carbocycles. The van der Waals surface area contributed by atoms with E-state index in [1.165, 1.54) is 0 Å². The Labute approximate surface area is 152 Å². The van der Waals surface area contributed by atoms with Gasteiger partial charge in [-0.25, -0.2) is 0 Å². The van der Waals surface area contributed by atoms with Crippen LogP contribution in [-0.2, 0) is 4.79 Å². The number of hydrogen-bond acceptors (Lipinski definition) is 2.